The van der Waals surface area contributed by atoms with Crippen molar-refractivity contribution in [2.24, 2.45) is 11.8 Å². The van der Waals surface area contributed by atoms with Gasteiger partial charge in [-0.3, -0.25) is 0 Å². The highest BCUT2D eigenvalue weighted by atomic mass is 19.1. The minimum Gasteiger partial charge on any atom is -0.385 e. The second-order valence-electron chi connectivity index (χ2n) is 4.35. The molecule has 4 heteroatoms. The first-order valence-corrected chi connectivity index (χ1v) is 5.04. The van der Waals surface area contributed by atoms with Crippen molar-refractivity contribution in [1.29, 1.82) is 5.26 Å². The summed E-state index contributed by atoms with van der Waals surface area (Å²) >= 11 is 0. The quantitative estimate of drug-likeness (QED) is 0.836. The summed E-state index contributed by atoms with van der Waals surface area (Å²) in [5, 5.41) is 18.9. The second kappa shape index (κ2) is 3.53. The van der Waals surface area contributed by atoms with E-state index in [1.54, 1.807) is 0 Å². The molecule has 2 rings (SSSR count). The Morgan fingerprint density at radius 2 is 2.19 bits per heavy atom. The molecule has 1 aliphatic rings. The third-order valence-corrected chi connectivity index (χ3v) is 3.15. The van der Waals surface area contributed by atoms with Crippen LogP contribution in [0.2, 0.25) is 0 Å². The van der Waals surface area contributed by atoms with E-state index in [1.165, 1.54) is 13.0 Å². The Kier molecular flexibility index (Phi) is 2.43. The van der Waals surface area contributed by atoms with Crippen molar-refractivity contribution in [1.82, 2.24) is 0 Å². The molecule has 0 radical (unpaired) electrons. The van der Waals surface area contributed by atoms with Crippen LogP contribution >= 0.6 is 0 Å². The maximum absolute atomic E-state index is 13.5. The number of nitrogens with zero attached hydrogens (tertiary/aromatic N) is 1. The maximum atomic E-state index is 13.5. The molecule has 0 saturated heterocycles. The van der Waals surface area contributed by atoms with Crippen LogP contribution in [0.4, 0.5) is 8.78 Å². The minimum absolute atomic E-state index is 0.0525. The first-order chi connectivity index (χ1) is 7.46. The lowest BCUT2D eigenvalue weighted by atomic mass is 9.89. The number of aliphatic hydroxyl groups is 1. The second-order valence-corrected chi connectivity index (χ2v) is 4.35. The third-order valence-electron chi connectivity index (χ3n) is 3.15. The van der Waals surface area contributed by atoms with Crippen molar-refractivity contribution in [3.05, 3.63) is 35.4 Å². The van der Waals surface area contributed by atoms with E-state index in [-0.39, 0.29) is 17.4 Å². The highest BCUT2D eigenvalue weighted by molar-refractivity contribution is 5.28. The van der Waals surface area contributed by atoms with Gasteiger partial charge in [0, 0.05) is 17.5 Å². The largest absolute Gasteiger partial charge is 0.385 e. The van der Waals surface area contributed by atoms with Crippen molar-refractivity contribution >= 4 is 0 Å². The van der Waals surface area contributed by atoms with E-state index < -0.39 is 17.2 Å². The van der Waals surface area contributed by atoms with Gasteiger partial charge < -0.3 is 5.11 Å². The molecule has 3 atom stereocenters. The molecule has 3 unspecified atom stereocenters. The van der Waals surface area contributed by atoms with Crippen LogP contribution in [0.15, 0.2) is 18.2 Å². The zero-order valence-corrected chi connectivity index (χ0v) is 8.74. The Hall–Kier alpha value is -1.47. The standard InChI is InChI=1S/C12H11F2NO/c1-12(16,10-4-7(10)6-15)9-3-2-8(13)5-11(9)14/h2-3,5,7,10,16H,4H2,1H3. The van der Waals surface area contributed by atoms with Gasteiger partial charge in [-0.15, -0.1) is 0 Å². The summed E-state index contributed by atoms with van der Waals surface area (Å²) in [7, 11) is 0. The minimum atomic E-state index is -1.40. The Bertz CT molecular complexity index is 465. The van der Waals surface area contributed by atoms with Gasteiger partial charge in [-0.1, -0.05) is 6.07 Å². The summed E-state index contributed by atoms with van der Waals surface area (Å²) in [5.74, 6) is -1.95. The Labute approximate surface area is 92.1 Å². The lowest BCUT2D eigenvalue weighted by molar-refractivity contribution is 0.0262. The molecule has 0 bridgehead atoms. The van der Waals surface area contributed by atoms with Gasteiger partial charge in [-0.25, -0.2) is 8.78 Å². The van der Waals surface area contributed by atoms with E-state index in [1.807, 2.05) is 6.07 Å². The molecule has 16 heavy (non-hydrogen) atoms. The fourth-order valence-electron chi connectivity index (χ4n) is 2.06. The van der Waals surface area contributed by atoms with Crippen LogP contribution in [0.25, 0.3) is 0 Å². The van der Waals surface area contributed by atoms with Crippen molar-refractivity contribution in [3.63, 3.8) is 0 Å². The Morgan fingerprint density at radius 1 is 1.50 bits per heavy atom. The fraction of sp³-hybridized carbons (Fsp3) is 0.417. The number of halogens is 2. The van der Waals surface area contributed by atoms with E-state index in [9.17, 15) is 13.9 Å². The molecule has 1 aliphatic carbocycles. The molecule has 1 aromatic rings. The molecular formula is C12H11F2NO. The fourth-order valence-corrected chi connectivity index (χ4v) is 2.06. The highest BCUT2D eigenvalue weighted by Gasteiger charge is 2.51. The molecule has 0 amide bonds. The molecule has 2 nitrogen and oxygen atoms in total. The van der Waals surface area contributed by atoms with Crippen LogP contribution in [0.1, 0.15) is 18.9 Å². The molecular weight excluding hydrogens is 212 g/mol. The normalized spacial score (nSPS) is 26.9. The summed E-state index contributed by atoms with van der Waals surface area (Å²) < 4.78 is 26.2. The Morgan fingerprint density at radius 3 is 2.69 bits per heavy atom. The van der Waals surface area contributed by atoms with Gasteiger partial charge in [0.15, 0.2) is 0 Å². The van der Waals surface area contributed by atoms with Gasteiger partial charge in [-0.05, 0) is 19.4 Å². The summed E-state index contributed by atoms with van der Waals surface area (Å²) in [4.78, 5) is 0. The molecule has 0 aromatic heterocycles. The van der Waals surface area contributed by atoms with Gasteiger partial charge in [0.1, 0.15) is 11.6 Å². The van der Waals surface area contributed by atoms with Crippen molar-refractivity contribution in [3.8, 4) is 6.07 Å². The van der Waals surface area contributed by atoms with Gasteiger partial charge in [-0.2, -0.15) is 5.26 Å². The van der Waals surface area contributed by atoms with Gasteiger partial charge >= 0.3 is 0 Å². The summed E-state index contributed by atoms with van der Waals surface area (Å²) in [6.45, 7) is 1.46. The molecule has 0 heterocycles. The lowest BCUT2D eigenvalue weighted by Crippen LogP contribution is -2.26. The lowest BCUT2D eigenvalue weighted by Gasteiger charge is -2.24. The molecule has 84 valence electrons. The molecule has 1 saturated carbocycles. The average Bonchev–Trinajstić information content (AvgIpc) is 2.96. The number of hydrogen-bond acceptors (Lipinski definition) is 2. The SMILES string of the molecule is CC(O)(c1ccc(F)cc1F)C1CC1C#N. The topological polar surface area (TPSA) is 44.0 Å². The molecule has 1 N–H and O–H groups in total. The first kappa shape index (κ1) is 11.0. The van der Waals surface area contributed by atoms with E-state index in [0.29, 0.717) is 6.42 Å². The van der Waals surface area contributed by atoms with E-state index >= 15 is 0 Å². The van der Waals surface area contributed by atoms with Gasteiger partial charge in [0.25, 0.3) is 0 Å². The zero-order chi connectivity index (χ0) is 11.9. The third kappa shape index (κ3) is 1.68. The van der Waals surface area contributed by atoms with Crippen LogP contribution in [0.3, 0.4) is 0 Å². The van der Waals surface area contributed by atoms with Crippen molar-refractivity contribution in [2.45, 2.75) is 18.9 Å². The summed E-state index contributed by atoms with van der Waals surface area (Å²) in [6.07, 6.45) is 0.556. The number of benzene rings is 1. The average molecular weight is 223 g/mol. The maximum Gasteiger partial charge on any atom is 0.132 e. The van der Waals surface area contributed by atoms with E-state index in [0.717, 1.165) is 12.1 Å². The molecule has 1 aromatic carbocycles. The highest BCUT2D eigenvalue weighted by Crippen LogP contribution is 2.50. The van der Waals surface area contributed by atoms with Crippen LogP contribution in [0, 0.1) is 34.8 Å². The predicted molar refractivity (Wildman–Crippen MR) is 53.1 cm³/mol. The van der Waals surface area contributed by atoms with Crippen LogP contribution < -0.4 is 0 Å². The summed E-state index contributed by atoms with van der Waals surface area (Å²) in [6, 6.07) is 5.12. The predicted octanol–water partition coefficient (Wildman–Crippen LogP) is 2.33. The van der Waals surface area contributed by atoms with Crippen LogP contribution in [-0.2, 0) is 5.60 Å². The van der Waals surface area contributed by atoms with Crippen molar-refractivity contribution < 1.29 is 13.9 Å². The number of hydrogen-bond donors (Lipinski definition) is 1. The molecule has 0 spiro atoms. The first-order valence-electron chi connectivity index (χ1n) is 5.04. The van der Waals surface area contributed by atoms with E-state index in [2.05, 4.69) is 0 Å². The summed E-state index contributed by atoms with van der Waals surface area (Å²) in [5.41, 5.74) is -1.35. The van der Waals surface area contributed by atoms with Crippen LogP contribution in [-0.4, -0.2) is 5.11 Å². The van der Waals surface area contributed by atoms with E-state index in [4.69, 9.17) is 5.26 Å². The molecule has 0 aliphatic heterocycles. The zero-order valence-electron chi connectivity index (χ0n) is 8.74. The van der Waals surface area contributed by atoms with Gasteiger partial charge in [0.2, 0.25) is 0 Å². The number of rotatable bonds is 2. The molecule has 1 fully saturated rings. The smallest absolute Gasteiger partial charge is 0.132 e. The Balaban J connectivity index is 2.33. The van der Waals surface area contributed by atoms with Crippen molar-refractivity contribution in [2.75, 3.05) is 0 Å². The van der Waals surface area contributed by atoms with Crippen LogP contribution in [0.5, 0.6) is 0 Å². The monoisotopic (exact) mass is 223 g/mol. The van der Waals surface area contributed by atoms with Gasteiger partial charge in [0.05, 0.1) is 17.6 Å². The number of nitriles is 1.